The predicted octanol–water partition coefficient (Wildman–Crippen LogP) is 1.94. The zero-order valence-corrected chi connectivity index (χ0v) is 9.01. The van der Waals surface area contributed by atoms with Gasteiger partial charge in [-0.2, -0.15) is 5.01 Å². The van der Waals surface area contributed by atoms with E-state index in [-0.39, 0.29) is 5.91 Å². The number of para-hydroxylation sites is 1. The van der Waals surface area contributed by atoms with Crippen molar-refractivity contribution in [1.82, 2.24) is 0 Å². The van der Waals surface area contributed by atoms with Gasteiger partial charge in [-0.1, -0.05) is 24.8 Å². The van der Waals surface area contributed by atoms with E-state index in [4.69, 9.17) is 4.74 Å². The van der Waals surface area contributed by atoms with Gasteiger partial charge < -0.3 is 4.74 Å². The first-order chi connectivity index (χ1) is 7.74. The Labute approximate surface area is 93.8 Å². The molecule has 0 bridgehead atoms. The summed E-state index contributed by atoms with van der Waals surface area (Å²) in [6.45, 7) is 5.97. The maximum atomic E-state index is 11.8. The number of carbonyl (C=O) groups excluding carboxylic acids is 1. The van der Waals surface area contributed by atoms with Crippen molar-refractivity contribution in [2.45, 2.75) is 6.92 Å². The molecule has 1 aromatic carbocycles. The van der Waals surface area contributed by atoms with Crippen molar-refractivity contribution in [3.8, 4) is 0 Å². The summed E-state index contributed by atoms with van der Waals surface area (Å²) in [6.07, 6.45) is 0. The van der Waals surface area contributed by atoms with Gasteiger partial charge in [0.2, 0.25) is 5.90 Å². The zero-order chi connectivity index (χ0) is 11.5. The van der Waals surface area contributed by atoms with Gasteiger partial charge in [0.15, 0.2) is 0 Å². The molecule has 82 valence electrons. The summed E-state index contributed by atoms with van der Waals surface area (Å²) in [5.41, 5.74) is 1.01. The summed E-state index contributed by atoms with van der Waals surface area (Å²) in [5, 5.41) is 5.39. The fraction of sp³-hybridized carbons (Fsp3) is 0.167. The van der Waals surface area contributed by atoms with Crippen LogP contribution in [0.5, 0.6) is 0 Å². The molecule has 0 unspecified atom stereocenters. The summed E-state index contributed by atoms with van der Waals surface area (Å²) in [7, 11) is 0. The molecule has 0 aliphatic carbocycles. The SMILES string of the molecule is C=C1C(=O)N(c2ccccc2)N=C1OCC. The molecule has 1 aliphatic rings. The second-order valence-corrected chi connectivity index (χ2v) is 3.27. The fourth-order valence-electron chi connectivity index (χ4n) is 1.41. The van der Waals surface area contributed by atoms with E-state index in [1.165, 1.54) is 5.01 Å². The number of amides is 1. The van der Waals surface area contributed by atoms with Gasteiger partial charge in [-0.3, -0.25) is 4.79 Å². The van der Waals surface area contributed by atoms with Crippen LogP contribution in [0.3, 0.4) is 0 Å². The van der Waals surface area contributed by atoms with E-state index in [9.17, 15) is 4.79 Å². The van der Waals surface area contributed by atoms with Gasteiger partial charge in [0.05, 0.1) is 17.9 Å². The molecule has 1 aliphatic heterocycles. The first-order valence-corrected chi connectivity index (χ1v) is 5.04. The molecule has 0 atom stereocenters. The first kappa shape index (κ1) is 10.4. The molecule has 1 heterocycles. The Morgan fingerprint density at radius 2 is 2.06 bits per heavy atom. The van der Waals surface area contributed by atoms with Gasteiger partial charge in [-0.15, -0.1) is 5.10 Å². The highest BCUT2D eigenvalue weighted by Gasteiger charge is 2.30. The molecule has 0 saturated heterocycles. The Kier molecular flexibility index (Phi) is 2.72. The van der Waals surface area contributed by atoms with Gasteiger partial charge in [-0.25, -0.2) is 0 Å². The average molecular weight is 216 g/mol. The maximum Gasteiger partial charge on any atom is 0.283 e. The van der Waals surface area contributed by atoms with Crippen LogP contribution in [-0.2, 0) is 9.53 Å². The third-order valence-electron chi connectivity index (χ3n) is 2.18. The minimum atomic E-state index is -0.241. The Balaban J connectivity index is 2.31. The van der Waals surface area contributed by atoms with Crippen LogP contribution < -0.4 is 5.01 Å². The van der Waals surface area contributed by atoms with E-state index in [0.717, 1.165) is 0 Å². The summed E-state index contributed by atoms with van der Waals surface area (Å²) in [4.78, 5) is 11.8. The smallest absolute Gasteiger partial charge is 0.283 e. The molecular weight excluding hydrogens is 204 g/mol. The number of nitrogens with zero attached hydrogens (tertiary/aromatic N) is 2. The summed E-state index contributed by atoms with van der Waals surface area (Å²) in [5.74, 6) is 0.0611. The molecular formula is C12H12N2O2. The minimum Gasteiger partial charge on any atom is -0.476 e. The third kappa shape index (κ3) is 1.69. The lowest BCUT2D eigenvalue weighted by atomic mass is 10.2. The maximum absolute atomic E-state index is 11.8. The van der Waals surface area contributed by atoms with Crippen LogP contribution in [0.4, 0.5) is 5.69 Å². The van der Waals surface area contributed by atoms with Crippen molar-refractivity contribution < 1.29 is 9.53 Å². The standard InChI is InChI=1S/C12H12N2O2/c1-3-16-11-9(2)12(15)14(13-11)10-7-5-4-6-8-10/h4-8H,2-3H2,1H3. The molecule has 0 saturated carbocycles. The number of carbonyl (C=O) groups is 1. The predicted molar refractivity (Wildman–Crippen MR) is 62.1 cm³/mol. The Morgan fingerprint density at radius 3 is 2.69 bits per heavy atom. The first-order valence-electron chi connectivity index (χ1n) is 5.04. The van der Waals surface area contributed by atoms with Crippen molar-refractivity contribution in [2.24, 2.45) is 5.10 Å². The number of anilines is 1. The van der Waals surface area contributed by atoms with Crippen molar-refractivity contribution in [1.29, 1.82) is 0 Å². The fourth-order valence-corrected chi connectivity index (χ4v) is 1.41. The van der Waals surface area contributed by atoms with Crippen molar-refractivity contribution >= 4 is 17.5 Å². The second-order valence-electron chi connectivity index (χ2n) is 3.27. The van der Waals surface area contributed by atoms with Crippen molar-refractivity contribution in [3.63, 3.8) is 0 Å². The molecule has 4 heteroatoms. The quantitative estimate of drug-likeness (QED) is 0.709. The topological polar surface area (TPSA) is 41.9 Å². The lowest BCUT2D eigenvalue weighted by Crippen LogP contribution is -2.20. The van der Waals surface area contributed by atoms with Crippen LogP contribution >= 0.6 is 0 Å². The largest absolute Gasteiger partial charge is 0.476 e. The number of rotatable bonds is 2. The van der Waals surface area contributed by atoms with E-state index < -0.39 is 0 Å². The van der Waals surface area contributed by atoms with Crippen LogP contribution in [0.2, 0.25) is 0 Å². The number of hydrogen-bond acceptors (Lipinski definition) is 3. The van der Waals surface area contributed by atoms with Gasteiger partial charge >= 0.3 is 0 Å². The van der Waals surface area contributed by atoms with E-state index in [0.29, 0.717) is 23.8 Å². The molecule has 0 aromatic heterocycles. The lowest BCUT2D eigenvalue weighted by Gasteiger charge is -2.09. The zero-order valence-electron chi connectivity index (χ0n) is 9.01. The summed E-state index contributed by atoms with van der Waals surface area (Å²) < 4.78 is 5.23. The lowest BCUT2D eigenvalue weighted by molar-refractivity contribution is -0.114. The van der Waals surface area contributed by atoms with Crippen LogP contribution in [0.25, 0.3) is 0 Å². The molecule has 4 nitrogen and oxygen atoms in total. The average Bonchev–Trinajstić information content (AvgIpc) is 2.59. The Bertz CT molecular complexity index is 451. The molecule has 1 amide bonds. The van der Waals surface area contributed by atoms with Gasteiger partial charge in [0.1, 0.15) is 0 Å². The Hall–Kier alpha value is -2.10. The summed E-state index contributed by atoms with van der Waals surface area (Å²) >= 11 is 0. The molecule has 0 fully saturated rings. The summed E-state index contributed by atoms with van der Waals surface area (Å²) in [6, 6.07) is 9.19. The second kappa shape index (κ2) is 4.18. The number of benzene rings is 1. The highest BCUT2D eigenvalue weighted by molar-refractivity contribution is 6.27. The highest BCUT2D eigenvalue weighted by atomic mass is 16.5. The molecule has 0 N–H and O–H groups in total. The number of hydrazone groups is 1. The van der Waals surface area contributed by atoms with Crippen LogP contribution in [0.1, 0.15) is 6.92 Å². The Morgan fingerprint density at radius 1 is 1.38 bits per heavy atom. The van der Waals surface area contributed by atoms with Crippen LogP contribution in [-0.4, -0.2) is 18.4 Å². The molecule has 2 rings (SSSR count). The van der Waals surface area contributed by atoms with Crippen LogP contribution in [0, 0.1) is 0 Å². The highest BCUT2D eigenvalue weighted by Crippen LogP contribution is 2.22. The van der Waals surface area contributed by atoms with Crippen LogP contribution in [0.15, 0.2) is 47.6 Å². The van der Waals surface area contributed by atoms with E-state index in [1.54, 1.807) is 0 Å². The molecule has 0 spiro atoms. The van der Waals surface area contributed by atoms with Crippen molar-refractivity contribution in [3.05, 3.63) is 42.5 Å². The molecule has 1 aromatic rings. The monoisotopic (exact) mass is 216 g/mol. The van der Waals surface area contributed by atoms with Crippen molar-refractivity contribution in [2.75, 3.05) is 11.6 Å². The molecule has 16 heavy (non-hydrogen) atoms. The third-order valence-corrected chi connectivity index (χ3v) is 2.18. The molecule has 0 radical (unpaired) electrons. The van der Waals surface area contributed by atoms with Gasteiger partial charge in [0, 0.05) is 0 Å². The number of hydrogen-bond donors (Lipinski definition) is 0. The number of ether oxygens (including phenoxy) is 1. The van der Waals surface area contributed by atoms with Gasteiger partial charge in [0.25, 0.3) is 5.91 Å². The van der Waals surface area contributed by atoms with Gasteiger partial charge in [-0.05, 0) is 19.1 Å². The van der Waals surface area contributed by atoms with E-state index >= 15 is 0 Å². The van der Waals surface area contributed by atoms with E-state index in [2.05, 4.69) is 11.7 Å². The normalized spacial score (nSPS) is 15.3. The van der Waals surface area contributed by atoms with E-state index in [1.807, 2.05) is 37.3 Å². The minimum absolute atomic E-state index is 0.241.